The molecule has 292 valence electrons. The normalized spacial score (nSPS) is 15.8. The van der Waals surface area contributed by atoms with Crippen molar-refractivity contribution in [3.05, 3.63) is 0 Å². The van der Waals surface area contributed by atoms with Gasteiger partial charge in [-0.1, -0.05) is 102 Å². The summed E-state index contributed by atoms with van der Waals surface area (Å²) in [6.07, 6.45) is 2.31. The molecule has 2 atom stereocenters. The Hall–Kier alpha value is 0.468. The summed E-state index contributed by atoms with van der Waals surface area (Å²) in [6, 6.07) is 8.63. The first-order chi connectivity index (χ1) is 22.4. The monoisotopic (exact) mass is 759 g/mol. The first-order valence-electron chi connectivity index (χ1n) is 18.6. The molecule has 10 nitrogen and oxygen atoms in total. The van der Waals surface area contributed by atoms with Crippen LogP contribution in [-0.2, 0) is 23.7 Å². The minimum atomic E-state index is -1.08. The highest BCUT2D eigenvalue weighted by molar-refractivity contribution is 6.82. The Labute approximate surface area is 300 Å². The Morgan fingerprint density at radius 2 is 1.15 bits per heavy atom. The molecule has 1 aliphatic rings. The summed E-state index contributed by atoms with van der Waals surface area (Å²) >= 11 is 0. The molecule has 48 heavy (non-hydrogen) atoms. The fourth-order valence-electron chi connectivity index (χ4n) is 4.47. The predicted octanol–water partition coefficient (Wildman–Crippen LogP) is 5.19. The van der Waals surface area contributed by atoms with Crippen LogP contribution in [0.25, 0.3) is 0 Å². The number of hydrogen-bond donors (Lipinski definition) is 5. The number of nitrogens with one attached hydrogen (secondary N) is 1. The Balaban J connectivity index is 0. The van der Waals surface area contributed by atoms with Crippen LogP contribution >= 0.6 is 0 Å². The number of nitrogens with two attached hydrogens (primary N) is 1. The van der Waals surface area contributed by atoms with Gasteiger partial charge in [-0.25, -0.2) is 0 Å². The van der Waals surface area contributed by atoms with Gasteiger partial charge >= 0.3 is 0 Å². The summed E-state index contributed by atoms with van der Waals surface area (Å²) in [7, 11) is -3.79. The molecule has 1 heterocycles. The van der Waals surface area contributed by atoms with E-state index in [2.05, 4.69) is 70.8 Å². The maximum atomic E-state index is 9.83. The third kappa shape index (κ3) is 42.6. The fourth-order valence-corrected chi connectivity index (χ4v) is 18.6. The minimum Gasteiger partial charge on any atom is -0.394 e. The van der Waals surface area contributed by atoms with E-state index in [1.807, 2.05) is 0 Å². The van der Waals surface area contributed by atoms with Gasteiger partial charge in [-0.05, 0) is 12.8 Å². The molecule has 1 aliphatic heterocycles. The molecule has 1 rings (SSSR count). The van der Waals surface area contributed by atoms with E-state index in [0.717, 1.165) is 32.8 Å². The Morgan fingerprint density at radius 1 is 0.667 bits per heavy atom. The van der Waals surface area contributed by atoms with Gasteiger partial charge in [0.05, 0.1) is 65.6 Å². The molecule has 0 spiro atoms. The van der Waals surface area contributed by atoms with E-state index >= 15 is 0 Å². The summed E-state index contributed by atoms with van der Waals surface area (Å²) in [5.74, 6) is 0. The molecular weight excluding hydrogens is 677 g/mol. The van der Waals surface area contributed by atoms with Crippen LogP contribution < -0.4 is 11.1 Å². The maximum Gasteiger partial charge on any atom is 0.104 e. The van der Waals surface area contributed by atoms with E-state index < -0.39 is 38.4 Å². The van der Waals surface area contributed by atoms with Crippen LogP contribution in [-0.4, -0.2) is 152 Å². The highest BCUT2D eigenvalue weighted by Crippen LogP contribution is 2.25. The van der Waals surface area contributed by atoms with Crippen molar-refractivity contribution < 1.29 is 39.0 Å². The van der Waals surface area contributed by atoms with Crippen molar-refractivity contribution in [2.24, 2.45) is 5.73 Å². The number of epoxide rings is 1. The Morgan fingerprint density at radius 3 is 1.58 bits per heavy atom. The van der Waals surface area contributed by atoms with E-state index in [-0.39, 0.29) is 13.2 Å². The standard InChI is InChI=1S/C17H41NO4Si2.C13H30O2Si2.C4H11NO2/c1-23(2,3)13-14-24(4,5)12-6-9-22-16-17(20)15-18-7-10-21-11-8-19;1-16(2,3)9-10-17(4,5)8-6-7-14-11-13-12-15-13;5-1-3-7-4-2-6/h17-20H,6-16H2,1-5H3;13H,6-12H2,1-5H3;6H,1-5H2. The van der Waals surface area contributed by atoms with Crippen LogP contribution in [0.1, 0.15) is 12.8 Å². The lowest BCUT2D eigenvalue weighted by molar-refractivity contribution is 0.0353. The van der Waals surface area contributed by atoms with Gasteiger partial charge in [-0.3, -0.25) is 0 Å². The molecule has 14 heteroatoms. The fraction of sp³-hybridized carbons (Fsp3) is 1.00. The van der Waals surface area contributed by atoms with Crippen molar-refractivity contribution in [2.45, 2.75) is 127 Å². The summed E-state index contributed by atoms with van der Waals surface area (Å²) < 4.78 is 26.2. The summed E-state index contributed by atoms with van der Waals surface area (Å²) in [4.78, 5) is 0. The molecular formula is C34H82N2O8Si4. The van der Waals surface area contributed by atoms with Gasteiger partial charge in [0.25, 0.3) is 0 Å². The molecule has 0 aromatic heterocycles. The predicted molar refractivity (Wildman–Crippen MR) is 215 cm³/mol. The maximum absolute atomic E-state index is 9.83. The molecule has 1 fully saturated rings. The number of ether oxygens (including phenoxy) is 5. The molecule has 0 aromatic carbocycles. The van der Waals surface area contributed by atoms with Crippen molar-refractivity contribution in [1.29, 1.82) is 0 Å². The van der Waals surface area contributed by atoms with Gasteiger partial charge in [0.2, 0.25) is 0 Å². The SMILES string of the molecule is C[Si](C)(C)CC[Si](C)(C)CCCOCC(O)CNCCOCCO.C[Si](C)(C)CC[Si](C)(C)CCCOCC1CO1.NCCOCCO. The zero-order chi connectivity index (χ0) is 37.0. The first kappa shape index (κ1) is 50.6. The van der Waals surface area contributed by atoms with E-state index in [4.69, 9.17) is 39.6 Å². The lowest BCUT2D eigenvalue weighted by atomic mass is 10.4. The molecule has 1 saturated heterocycles. The third-order valence-electron chi connectivity index (χ3n) is 7.94. The summed E-state index contributed by atoms with van der Waals surface area (Å²) in [6.45, 7) is 32.4. The van der Waals surface area contributed by atoms with Crippen LogP contribution in [0.2, 0.25) is 102 Å². The van der Waals surface area contributed by atoms with Gasteiger partial charge in [0, 0.05) is 65.1 Å². The smallest absolute Gasteiger partial charge is 0.104 e. The van der Waals surface area contributed by atoms with Gasteiger partial charge in [0.1, 0.15) is 6.10 Å². The van der Waals surface area contributed by atoms with Crippen molar-refractivity contribution in [1.82, 2.24) is 5.32 Å². The van der Waals surface area contributed by atoms with Crippen LogP contribution in [0.4, 0.5) is 0 Å². The average Bonchev–Trinajstić information content (AvgIpc) is 3.82. The summed E-state index contributed by atoms with van der Waals surface area (Å²) in [5, 5.41) is 29.6. The van der Waals surface area contributed by atoms with Crippen molar-refractivity contribution in [3.63, 3.8) is 0 Å². The zero-order valence-electron chi connectivity index (χ0n) is 33.2. The lowest BCUT2D eigenvalue weighted by Gasteiger charge is -2.26. The zero-order valence-corrected chi connectivity index (χ0v) is 37.2. The molecule has 0 amide bonds. The van der Waals surface area contributed by atoms with E-state index in [1.165, 1.54) is 42.7 Å². The topological polar surface area (TPSA) is 148 Å². The second-order valence-corrected chi connectivity index (χ2v) is 39.0. The number of rotatable bonds is 29. The average molecular weight is 759 g/mol. The van der Waals surface area contributed by atoms with Crippen molar-refractivity contribution in [3.8, 4) is 0 Å². The van der Waals surface area contributed by atoms with Crippen LogP contribution in [0.15, 0.2) is 0 Å². The lowest BCUT2D eigenvalue weighted by Crippen LogP contribution is -2.33. The van der Waals surface area contributed by atoms with Gasteiger partial charge < -0.3 is 50.1 Å². The van der Waals surface area contributed by atoms with Crippen LogP contribution in [0, 0.1) is 0 Å². The van der Waals surface area contributed by atoms with E-state index in [9.17, 15) is 5.11 Å². The molecule has 0 bridgehead atoms. The number of aliphatic hydroxyl groups is 3. The summed E-state index contributed by atoms with van der Waals surface area (Å²) in [5.41, 5.74) is 5.06. The third-order valence-corrected chi connectivity index (χ3v) is 19.1. The van der Waals surface area contributed by atoms with Crippen LogP contribution in [0.5, 0.6) is 0 Å². The molecule has 0 radical (unpaired) electrons. The second kappa shape index (κ2) is 30.0. The minimum absolute atomic E-state index is 0.0499. The Bertz CT molecular complexity index is 706. The molecule has 0 aliphatic carbocycles. The van der Waals surface area contributed by atoms with E-state index in [0.29, 0.717) is 58.8 Å². The van der Waals surface area contributed by atoms with E-state index in [1.54, 1.807) is 0 Å². The van der Waals surface area contributed by atoms with Gasteiger partial charge in [0.15, 0.2) is 0 Å². The molecule has 0 aromatic rings. The first-order valence-corrected chi connectivity index (χ1v) is 32.8. The number of aliphatic hydroxyl groups excluding tert-OH is 3. The van der Waals surface area contributed by atoms with Gasteiger partial charge in [-0.2, -0.15) is 0 Å². The number of hydrogen-bond acceptors (Lipinski definition) is 10. The highest BCUT2D eigenvalue weighted by Gasteiger charge is 2.26. The quantitative estimate of drug-likeness (QED) is 0.0392. The largest absolute Gasteiger partial charge is 0.394 e. The van der Waals surface area contributed by atoms with Crippen LogP contribution in [0.3, 0.4) is 0 Å². The Kier molecular flexibility index (Phi) is 31.6. The van der Waals surface area contributed by atoms with Crippen molar-refractivity contribution in [2.75, 3.05) is 92.3 Å². The second-order valence-electron chi connectivity index (χ2n) is 17.1. The molecule has 6 N–H and O–H groups in total. The highest BCUT2D eigenvalue weighted by atomic mass is 28.3. The molecule has 0 saturated carbocycles. The van der Waals surface area contributed by atoms with Gasteiger partial charge in [-0.15, -0.1) is 0 Å². The van der Waals surface area contributed by atoms with Crippen molar-refractivity contribution >= 4 is 32.3 Å². The molecule has 2 unspecified atom stereocenters.